The molecule has 176 valence electrons. The first kappa shape index (κ1) is 21.3. The lowest BCUT2D eigenvalue weighted by molar-refractivity contribution is -0.127. The maximum absolute atomic E-state index is 14.0. The van der Waals surface area contributed by atoms with Crippen molar-refractivity contribution in [3.8, 4) is 0 Å². The number of para-hydroxylation sites is 1. The Morgan fingerprint density at radius 3 is 2.54 bits per heavy atom. The van der Waals surface area contributed by atoms with E-state index in [1.165, 1.54) is 12.1 Å². The number of carbonyl (C=O) groups excluding carboxylic acids is 1. The number of allylic oxidation sites excluding steroid dienone is 1. The molecule has 6 rings (SSSR count). The van der Waals surface area contributed by atoms with E-state index < -0.39 is 0 Å². The number of nitrogens with zero attached hydrogens (tertiary/aromatic N) is 5. The molecule has 35 heavy (non-hydrogen) atoms. The summed E-state index contributed by atoms with van der Waals surface area (Å²) in [5, 5.41) is 8.95. The van der Waals surface area contributed by atoms with Crippen LogP contribution in [-0.2, 0) is 4.79 Å². The topological polar surface area (TPSA) is 66.3 Å². The van der Waals surface area contributed by atoms with Crippen molar-refractivity contribution in [2.24, 2.45) is 0 Å². The molecule has 1 N–H and O–H groups in total. The van der Waals surface area contributed by atoms with Crippen molar-refractivity contribution in [3.63, 3.8) is 0 Å². The summed E-state index contributed by atoms with van der Waals surface area (Å²) in [4.78, 5) is 22.6. The molecule has 0 bridgehead atoms. The molecular weight excluding hydrogens is 443 g/mol. The van der Waals surface area contributed by atoms with E-state index in [2.05, 4.69) is 20.3 Å². The van der Waals surface area contributed by atoms with E-state index in [1.807, 2.05) is 52.9 Å². The third-order valence-corrected chi connectivity index (χ3v) is 6.87. The molecule has 7 nitrogen and oxygen atoms in total. The van der Waals surface area contributed by atoms with Gasteiger partial charge in [-0.15, -0.1) is 0 Å². The van der Waals surface area contributed by atoms with Crippen LogP contribution < -0.4 is 10.2 Å². The van der Waals surface area contributed by atoms with Gasteiger partial charge in [-0.2, -0.15) is 5.10 Å². The summed E-state index contributed by atoms with van der Waals surface area (Å²) in [6.45, 7) is 4.50. The lowest BCUT2D eigenvalue weighted by atomic mass is 9.92. The molecule has 1 unspecified atom stereocenters. The van der Waals surface area contributed by atoms with Crippen LogP contribution in [0.25, 0.3) is 10.9 Å². The molecular formula is C27H25FN6O. The number of hydrogen-bond donors (Lipinski definition) is 1. The maximum atomic E-state index is 14.0. The Bertz CT molecular complexity index is 1430. The second-order valence-corrected chi connectivity index (χ2v) is 8.90. The molecule has 1 amide bonds. The van der Waals surface area contributed by atoms with Gasteiger partial charge in [0.25, 0.3) is 5.91 Å². The van der Waals surface area contributed by atoms with Crippen LogP contribution >= 0.6 is 0 Å². The van der Waals surface area contributed by atoms with E-state index in [1.54, 1.807) is 24.5 Å². The average molecular weight is 469 g/mol. The van der Waals surface area contributed by atoms with Crippen molar-refractivity contribution in [2.75, 3.05) is 36.4 Å². The van der Waals surface area contributed by atoms with Gasteiger partial charge in [0.2, 0.25) is 0 Å². The number of pyridine rings is 1. The Morgan fingerprint density at radius 1 is 0.971 bits per heavy atom. The number of fused-ring (bicyclic) bond motifs is 2. The zero-order valence-corrected chi connectivity index (χ0v) is 19.4. The molecule has 2 aliphatic heterocycles. The fraction of sp³-hybridized carbons (Fsp3) is 0.222. The summed E-state index contributed by atoms with van der Waals surface area (Å²) >= 11 is 0. The summed E-state index contributed by atoms with van der Waals surface area (Å²) in [6, 6.07) is 18.0. The predicted molar refractivity (Wildman–Crippen MR) is 134 cm³/mol. The summed E-state index contributed by atoms with van der Waals surface area (Å²) < 4.78 is 15.2. The first-order valence-corrected chi connectivity index (χ1v) is 11.7. The van der Waals surface area contributed by atoms with Gasteiger partial charge in [-0.1, -0.05) is 18.2 Å². The van der Waals surface area contributed by atoms with Gasteiger partial charge in [-0.05, 0) is 48.9 Å². The van der Waals surface area contributed by atoms with Crippen LogP contribution in [0.15, 0.2) is 84.3 Å². The van der Waals surface area contributed by atoms with Crippen LogP contribution in [0.3, 0.4) is 0 Å². The van der Waals surface area contributed by atoms with E-state index in [0.717, 1.165) is 33.7 Å². The molecule has 2 aromatic carbocycles. The van der Waals surface area contributed by atoms with Gasteiger partial charge in [0.05, 0.1) is 17.3 Å². The van der Waals surface area contributed by atoms with Crippen LogP contribution in [0.2, 0.25) is 0 Å². The monoisotopic (exact) mass is 468 g/mol. The number of benzene rings is 2. The Morgan fingerprint density at radius 2 is 1.74 bits per heavy atom. The van der Waals surface area contributed by atoms with Crippen LogP contribution in [0.1, 0.15) is 18.5 Å². The summed E-state index contributed by atoms with van der Waals surface area (Å²) in [5.74, 6) is 0.606. The van der Waals surface area contributed by atoms with Gasteiger partial charge in [0, 0.05) is 55.2 Å². The fourth-order valence-electron chi connectivity index (χ4n) is 5.12. The van der Waals surface area contributed by atoms with Gasteiger partial charge in [-0.3, -0.25) is 9.78 Å². The number of halogens is 1. The first-order chi connectivity index (χ1) is 17.1. The van der Waals surface area contributed by atoms with Gasteiger partial charge in [-0.25, -0.2) is 9.07 Å². The standard InChI is InChI=1S/C27H25FN6O/c1-18-25(27(35)33-16-14-32(15-17-33)20-8-6-19(28)7-9-20)26(34-24(31-18)11-13-30-34)22-10-12-29-23-5-3-2-4-21(22)23/h2-13,26,31H,14-17H2,1H3. The molecule has 2 aromatic heterocycles. The fourth-order valence-corrected chi connectivity index (χ4v) is 5.12. The highest BCUT2D eigenvalue weighted by Crippen LogP contribution is 2.39. The van der Waals surface area contributed by atoms with Gasteiger partial charge in [0.1, 0.15) is 17.7 Å². The molecule has 4 aromatic rings. The van der Waals surface area contributed by atoms with E-state index in [-0.39, 0.29) is 17.8 Å². The van der Waals surface area contributed by atoms with Crippen LogP contribution in [0.4, 0.5) is 15.9 Å². The van der Waals surface area contributed by atoms with E-state index in [4.69, 9.17) is 0 Å². The maximum Gasteiger partial charge on any atom is 0.254 e. The third-order valence-electron chi connectivity index (χ3n) is 6.87. The Kier molecular flexibility index (Phi) is 5.21. The number of aromatic nitrogens is 3. The first-order valence-electron chi connectivity index (χ1n) is 11.7. The Balaban J connectivity index is 1.33. The highest BCUT2D eigenvalue weighted by Gasteiger charge is 2.36. The predicted octanol–water partition coefficient (Wildman–Crippen LogP) is 4.21. The number of carbonyl (C=O) groups is 1. The lowest BCUT2D eigenvalue weighted by Crippen LogP contribution is -2.50. The van der Waals surface area contributed by atoms with Crippen molar-refractivity contribution in [1.29, 1.82) is 0 Å². The zero-order valence-electron chi connectivity index (χ0n) is 19.4. The second-order valence-electron chi connectivity index (χ2n) is 8.90. The molecule has 8 heteroatoms. The minimum absolute atomic E-state index is 0.000740. The SMILES string of the molecule is CC1=C(C(=O)N2CCN(c3ccc(F)cc3)CC2)C(c2ccnc3ccccc23)n2nccc2N1. The molecule has 2 aliphatic rings. The molecule has 1 atom stereocenters. The Hall–Kier alpha value is -4.20. The molecule has 0 saturated carbocycles. The van der Waals surface area contributed by atoms with Crippen molar-refractivity contribution < 1.29 is 9.18 Å². The second kappa shape index (κ2) is 8.54. The van der Waals surface area contributed by atoms with E-state index in [0.29, 0.717) is 31.8 Å². The molecule has 1 fully saturated rings. The quantitative estimate of drug-likeness (QED) is 0.488. The number of nitrogens with one attached hydrogen (secondary N) is 1. The lowest BCUT2D eigenvalue weighted by Gasteiger charge is -2.38. The summed E-state index contributed by atoms with van der Waals surface area (Å²) in [6.07, 6.45) is 3.54. The molecule has 0 aliphatic carbocycles. The van der Waals surface area contributed by atoms with Gasteiger partial charge < -0.3 is 15.1 Å². The van der Waals surface area contributed by atoms with E-state index in [9.17, 15) is 9.18 Å². The number of rotatable bonds is 3. The highest BCUT2D eigenvalue weighted by atomic mass is 19.1. The number of anilines is 2. The normalized spacial score (nSPS) is 17.9. The van der Waals surface area contributed by atoms with Crippen molar-refractivity contribution in [2.45, 2.75) is 13.0 Å². The number of hydrogen-bond acceptors (Lipinski definition) is 5. The molecule has 1 saturated heterocycles. The number of piperazine rings is 1. The van der Waals surface area contributed by atoms with Gasteiger partial charge in [0.15, 0.2) is 0 Å². The highest BCUT2D eigenvalue weighted by molar-refractivity contribution is 5.98. The number of amides is 1. The third kappa shape index (κ3) is 3.71. The van der Waals surface area contributed by atoms with Crippen molar-refractivity contribution >= 4 is 28.3 Å². The molecule has 4 heterocycles. The van der Waals surface area contributed by atoms with Crippen molar-refractivity contribution in [1.82, 2.24) is 19.7 Å². The largest absolute Gasteiger partial charge is 0.368 e. The zero-order chi connectivity index (χ0) is 23.9. The van der Waals surface area contributed by atoms with Crippen LogP contribution in [0, 0.1) is 5.82 Å². The van der Waals surface area contributed by atoms with Crippen molar-refractivity contribution in [3.05, 3.63) is 95.7 Å². The minimum Gasteiger partial charge on any atom is -0.368 e. The van der Waals surface area contributed by atoms with Crippen LogP contribution in [-0.4, -0.2) is 51.8 Å². The summed E-state index contributed by atoms with van der Waals surface area (Å²) in [5.41, 5.74) is 4.36. The molecule has 0 radical (unpaired) electrons. The average Bonchev–Trinajstić information content (AvgIpc) is 3.36. The Labute approximate surface area is 202 Å². The van der Waals surface area contributed by atoms with Gasteiger partial charge >= 0.3 is 0 Å². The summed E-state index contributed by atoms with van der Waals surface area (Å²) in [7, 11) is 0. The minimum atomic E-state index is -0.364. The smallest absolute Gasteiger partial charge is 0.254 e. The molecule has 0 spiro atoms. The van der Waals surface area contributed by atoms with E-state index >= 15 is 0 Å². The van der Waals surface area contributed by atoms with Crippen LogP contribution in [0.5, 0.6) is 0 Å².